The van der Waals surface area contributed by atoms with Crippen LogP contribution in [0.3, 0.4) is 0 Å². The molecule has 112 valence electrons. The Balaban J connectivity index is 1.53. The lowest BCUT2D eigenvalue weighted by Gasteiger charge is -2.26. The van der Waals surface area contributed by atoms with Gasteiger partial charge in [-0.1, -0.05) is 6.42 Å². The van der Waals surface area contributed by atoms with Gasteiger partial charge in [0.15, 0.2) is 0 Å². The maximum Gasteiger partial charge on any atom is 0.134 e. The number of hydrogen-bond acceptors (Lipinski definition) is 5. The largest absolute Gasteiger partial charge is 0.338 e. The first-order valence-corrected chi connectivity index (χ1v) is 7.60. The van der Waals surface area contributed by atoms with E-state index in [2.05, 4.69) is 25.3 Å². The van der Waals surface area contributed by atoms with Gasteiger partial charge in [0.1, 0.15) is 12.1 Å². The summed E-state index contributed by atoms with van der Waals surface area (Å²) in [5.74, 6) is 0.804. The number of hydrogen-bond donors (Lipinski definition) is 1. The molecule has 1 aliphatic rings. The third-order valence-corrected chi connectivity index (χ3v) is 3.80. The van der Waals surface area contributed by atoms with E-state index < -0.39 is 0 Å². The van der Waals surface area contributed by atoms with Crippen molar-refractivity contribution in [1.82, 2.24) is 24.6 Å². The second-order valence-electron chi connectivity index (χ2n) is 5.56. The number of likely N-dealkylation sites (tertiary alicyclic amines) is 1. The summed E-state index contributed by atoms with van der Waals surface area (Å²) >= 11 is 0. The van der Waals surface area contributed by atoms with Gasteiger partial charge in [-0.3, -0.25) is 4.68 Å². The molecular weight excluding hydrogens is 264 g/mol. The molecular formula is C15H22N6. The standard InChI is InChI=1S/C15H22N6/c1-13-9-15(17-12-16-13)19-14-10-18-21(11-14)8-7-20-5-3-2-4-6-20/h9-12H,2-8H2,1H3,(H,16,17,19). The number of aromatic nitrogens is 4. The van der Waals surface area contributed by atoms with E-state index >= 15 is 0 Å². The molecule has 6 nitrogen and oxygen atoms in total. The molecule has 1 saturated heterocycles. The molecule has 0 bridgehead atoms. The predicted molar refractivity (Wildman–Crippen MR) is 82.6 cm³/mol. The van der Waals surface area contributed by atoms with E-state index in [0.717, 1.165) is 30.3 Å². The fourth-order valence-electron chi connectivity index (χ4n) is 2.65. The van der Waals surface area contributed by atoms with Crippen LogP contribution in [-0.2, 0) is 6.54 Å². The third-order valence-electron chi connectivity index (χ3n) is 3.80. The van der Waals surface area contributed by atoms with E-state index in [1.54, 1.807) is 6.33 Å². The third kappa shape index (κ3) is 4.01. The summed E-state index contributed by atoms with van der Waals surface area (Å²) in [6.07, 6.45) is 9.48. The molecule has 2 aromatic rings. The Morgan fingerprint density at radius 3 is 2.81 bits per heavy atom. The van der Waals surface area contributed by atoms with Gasteiger partial charge in [0.25, 0.3) is 0 Å². The van der Waals surface area contributed by atoms with Crippen molar-refractivity contribution in [1.29, 1.82) is 0 Å². The van der Waals surface area contributed by atoms with Crippen LogP contribution in [0.2, 0.25) is 0 Å². The number of aryl methyl sites for hydroxylation is 1. The molecule has 0 atom stereocenters. The number of anilines is 2. The van der Waals surface area contributed by atoms with Gasteiger partial charge < -0.3 is 10.2 Å². The summed E-state index contributed by atoms with van der Waals surface area (Å²) in [5, 5.41) is 7.66. The van der Waals surface area contributed by atoms with Crippen molar-refractivity contribution in [3.63, 3.8) is 0 Å². The van der Waals surface area contributed by atoms with Gasteiger partial charge in [-0.15, -0.1) is 0 Å². The minimum Gasteiger partial charge on any atom is -0.338 e. The molecule has 2 aromatic heterocycles. The highest BCUT2D eigenvalue weighted by atomic mass is 15.3. The summed E-state index contributed by atoms with van der Waals surface area (Å²) in [6.45, 7) is 6.42. The van der Waals surface area contributed by atoms with Crippen LogP contribution in [0.25, 0.3) is 0 Å². The molecule has 0 aromatic carbocycles. The zero-order valence-electron chi connectivity index (χ0n) is 12.5. The van der Waals surface area contributed by atoms with Crippen LogP contribution in [0, 0.1) is 6.92 Å². The van der Waals surface area contributed by atoms with Crippen molar-refractivity contribution in [2.45, 2.75) is 32.7 Å². The topological polar surface area (TPSA) is 58.9 Å². The van der Waals surface area contributed by atoms with Crippen molar-refractivity contribution in [2.75, 3.05) is 25.0 Å². The maximum atomic E-state index is 4.40. The highest BCUT2D eigenvalue weighted by Gasteiger charge is 2.09. The van der Waals surface area contributed by atoms with Crippen LogP contribution in [0.1, 0.15) is 25.0 Å². The fourth-order valence-corrected chi connectivity index (χ4v) is 2.65. The molecule has 0 unspecified atom stereocenters. The summed E-state index contributed by atoms with van der Waals surface area (Å²) in [7, 11) is 0. The lowest BCUT2D eigenvalue weighted by atomic mass is 10.1. The van der Waals surface area contributed by atoms with Gasteiger partial charge in [0.2, 0.25) is 0 Å². The Morgan fingerprint density at radius 1 is 1.14 bits per heavy atom. The highest BCUT2D eigenvalue weighted by molar-refractivity contribution is 5.53. The minimum atomic E-state index is 0.804. The van der Waals surface area contributed by atoms with Crippen LogP contribution in [-0.4, -0.2) is 44.3 Å². The summed E-state index contributed by atoms with van der Waals surface area (Å²) < 4.78 is 1.99. The lowest BCUT2D eigenvalue weighted by Crippen LogP contribution is -2.32. The number of piperidine rings is 1. The Morgan fingerprint density at radius 2 is 2.00 bits per heavy atom. The van der Waals surface area contributed by atoms with Gasteiger partial charge in [-0.25, -0.2) is 9.97 Å². The second-order valence-corrected chi connectivity index (χ2v) is 5.56. The fraction of sp³-hybridized carbons (Fsp3) is 0.533. The maximum absolute atomic E-state index is 4.40. The van der Waals surface area contributed by atoms with Crippen molar-refractivity contribution in [2.24, 2.45) is 0 Å². The molecule has 1 N–H and O–H groups in total. The Bertz CT molecular complexity index is 573. The second kappa shape index (κ2) is 6.67. The van der Waals surface area contributed by atoms with Crippen molar-refractivity contribution in [3.8, 4) is 0 Å². The monoisotopic (exact) mass is 286 g/mol. The zero-order valence-corrected chi connectivity index (χ0v) is 12.5. The summed E-state index contributed by atoms with van der Waals surface area (Å²) in [5.41, 5.74) is 1.91. The predicted octanol–water partition coefficient (Wildman–Crippen LogP) is 2.21. The Kier molecular flexibility index (Phi) is 4.45. The van der Waals surface area contributed by atoms with Gasteiger partial charge in [0.05, 0.1) is 18.4 Å². The average Bonchev–Trinajstić information content (AvgIpc) is 2.94. The first-order valence-electron chi connectivity index (χ1n) is 7.60. The molecule has 3 rings (SSSR count). The van der Waals surface area contributed by atoms with Crippen LogP contribution < -0.4 is 5.32 Å². The van der Waals surface area contributed by atoms with Gasteiger partial charge in [-0.05, 0) is 32.9 Å². The molecule has 0 radical (unpaired) electrons. The minimum absolute atomic E-state index is 0.804. The lowest BCUT2D eigenvalue weighted by molar-refractivity contribution is 0.218. The van der Waals surface area contributed by atoms with Gasteiger partial charge in [-0.2, -0.15) is 5.10 Å². The molecule has 0 amide bonds. The first kappa shape index (κ1) is 14.0. The first-order chi connectivity index (χ1) is 10.3. The number of rotatable bonds is 5. The number of nitrogens with one attached hydrogen (secondary N) is 1. The Labute approximate surface area is 125 Å². The van der Waals surface area contributed by atoms with Gasteiger partial charge in [0, 0.05) is 24.5 Å². The zero-order chi connectivity index (χ0) is 14.5. The van der Waals surface area contributed by atoms with Crippen LogP contribution in [0.5, 0.6) is 0 Å². The Hall–Kier alpha value is -1.95. The highest BCUT2D eigenvalue weighted by Crippen LogP contribution is 2.13. The van der Waals surface area contributed by atoms with Gasteiger partial charge >= 0.3 is 0 Å². The van der Waals surface area contributed by atoms with E-state index in [0.29, 0.717) is 0 Å². The van der Waals surface area contributed by atoms with Crippen molar-refractivity contribution >= 4 is 11.5 Å². The van der Waals surface area contributed by atoms with E-state index in [1.165, 1.54) is 32.4 Å². The molecule has 21 heavy (non-hydrogen) atoms. The summed E-state index contributed by atoms with van der Waals surface area (Å²) in [4.78, 5) is 10.8. The molecule has 1 aliphatic heterocycles. The molecule has 0 saturated carbocycles. The van der Waals surface area contributed by atoms with Crippen LogP contribution >= 0.6 is 0 Å². The quantitative estimate of drug-likeness (QED) is 0.913. The molecule has 0 spiro atoms. The number of nitrogens with zero attached hydrogens (tertiary/aromatic N) is 5. The van der Waals surface area contributed by atoms with E-state index in [1.807, 2.05) is 30.1 Å². The van der Waals surface area contributed by atoms with Crippen LogP contribution in [0.4, 0.5) is 11.5 Å². The summed E-state index contributed by atoms with van der Waals surface area (Å²) in [6, 6.07) is 1.92. The van der Waals surface area contributed by atoms with E-state index in [9.17, 15) is 0 Å². The molecule has 3 heterocycles. The van der Waals surface area contributed by atoms with E-state index in [4.69, 9.17) is 0 Å². The van der Waals surface area contributed by atoms with Crippen molar-refractivity contribution < 1.29 is 0 Å². The van der Waals surface area contributed by atoms with Crippen molar-refractivity contribution in [3.05, 3.63) is 30.5 Å². The van der Waals surface area contributed by atoms with Crippen LogP contribution in [0.15, 0.2) is 24.8 Å². The molecule has 6 heteroatoms. The average molecular weight is 286 g/mol. The van der Waals surface area contributed by atoms with E-state index in [-0.39, 0.29) is 0 Å². The molecule has 0 aliphatic carbocycles. The normalized spacial score (nSPS) is 16.0. The smallest absolute Gasteiger partial charge is 0.134 e. The molecule has 1 fully saturated rings. The SMILES string of the molecule is Cc1cc(Nc2cnn(CCN3CCCCC3)c2)ncn1.